The first kappa shape index (κ1) is 16.4. The van der Waals surface area contributed by atoms with Crippen LogP contribution in [-0.2, 0) is 0 Å². The number of rotatable bonds is 6. The Bertz CT molecular complexity index is 614. The minimum atomic E-state index is -0.210. The van der Waals surface area contributed by atoms with E-state index in [1.807, 2.05) is 55.5 Å². The largest absolute Gasteiger partial charge is 0.493 e. The van der Waals surface area contributed by atoms with Crippen molar-refractivity contribution in [1.82, 2.24) is 5.32 Å². The third-order valence-electron chi connectivity index (χ3n) is 3.06. The van der Waals surface area contributed by atoms with Crippen LogP contribution in [0.5, 0.6) is 5.75 Å². The molecule has 0 saturated carbocycles. The number of benzene rings is 2. The molecule has 0 saturated heterocycles. The SMILES string of the molecule is Cc1ccccc1OCCCNC(=O)Nc1ccc(Br)cc1. The third kappa shape index (κ3) is 5.41. The van der Waals surface area contributed by atoms with Gasteiger partial charge in [0.2, 0.25) is 0 Å². The van der Waals surface area contributed by atoms with E-state index in [-0.39, 0.29) is 6.03 Å². The predicted molar refractivity (Wildman–Crippen MR) is 92.5 cm³/mol. The van der Waals surface area contributed by atoms with Crippen molar-refractivity contribution in [2.24, 2.45) is 0 Å². The standard InChI is InChI=1S/C17H19BrN2O2/c1-13-5-2-3-6-16(13)22-12-4-11-19-17(21)20-15-9-7-14(18)8-10-15/h2-3,5-10H,4,11-12H2,1H3,(H2,19,20,21). The molecule has 0 aromatic heterocycles. The molecule has 0 radical (unpaired) electrons. The molecule has 4 nitrogen and oxygen atoms in total. The normalized spacial score (nSPS) is 10.1. The summed E-state index contributed by atoms with van der Waals surface area (Å²) < 4.78 is 6.65. The average molecular weight is 363 g/mol. The number of hydrogen-bond acceptors (Lipinski definition) is 2. The molecule has 5 heteroatoms. The van der Waals surface area contributed by atoms with E-state index >= 15 is 0 Å². The van der Waals surface area contributed by atoms with Crippen LogP contribution in [0.15, 0.2) is 53.0 Å². The Hall–Kier alpha value is -2.01. The topological polar surface area (TPSA) is 50.4 Å². The van der Waals surface area contributed by atoms with E-state index in [2.05, 4.69) is 26.6 Å². The first-order valence-corrected chi connectivity index (χ1v) is 7.93. The number of aryl methyl sites for hydroxylation is 1. The first-order valence-electron chi connectivity index (χ1n) is 7.14. The van der Waals surface area contributed by atoms with E-state index in [4.69, 9.17) is 4.74 Å². The minimum absolute atomic E-state index is 0.210. The molecule has 22 heavy (non-hydrogen) atoms. The molecule has 2 aromatic carbocycles. The molecule has 2 rings (SSSR count). The number of carbonyl (C=O) groups excluding carboxylic acids is 1. The van der Waals surface area contributed by atoms with Crippen molar-refractivity contribution in [2.75, 3.05) is 18.5 Å². The lowest BCUT2D eigenvalue weighted by atomic mass is 10.2. The highest BCUT2D eigenvalue weighted by Crippen LogP contribution is 2.16. The van der Waals surface area contributed by atoms with E-state index in [0.29, 0.717) is 13.2 Å². The van der Waals surface area contributed by atoms with E-state index < -0.39 is 0 Å². The van der Waals surface area contributed by atoms with Crippen LogP contribution in [0.25, 0.3) is 0 Å². The number of halogens is 1. The molecule has 2 N–H and O–H groups in total. The summed E-state index contributed by atoms with van der Waals surface area (Å²) in [6, 6.07) is 15.1. The fourth-order valence-corrected chi connectivity index (χ4v) is 2.15. The van der Waals surface area contributed by atoms with Gasteiger partial charge in [-0.15, -0.1) is 0 Å². The molecule has 0 aliphatic heterocycles. The Morgan fingerprint density at radius 3 is 2.59 bits per heavy atom. The van der Waals surface area contributed by atoms with Crippen LogP contribution < -0.4 is 15.4 Å². The molecular weight excluding hydrogens is 344 g/mol. The van der Waals surface area contributed by atoms with Crippen molar-refractivity contribution < 1.29 is 9.53 Å². The van der Waals surface area contributed by atoms with E-state index in [0.717, 1.165) is 27.9 Å². The van der Waals surface area contributed by atoms with Gasteiger partial charge >= 0.3 is 6.03 Å². The predicted octanol–water partition coefficient (Wildman–Crippen LogP) is 4.35. The Labute approximate surface area is 139 Å². The maximum absolute atomic E-state index is 11.7. The highest BCUT2D eigenvalue weighted by atomic mass is 79.9. The summed E-state index contributed by atoms with van der Waals surface area (Å²) in [6.07, 6.45) is 0.752. The van der Waals surface area contributed by atoms with Crippen LogP contribution >= 0.6 is 15.9 Å². The average Bonchev–Trinajstić information content (AvgIpc) is 2.51. The summed E-state index contributed by atoms with van der Waals surface area (Å²) in [5, 5.41) is 5.58. The number of amides is 2. The van der Waals surface area contributed by atoms with Crippen LogP contribution in [-0.4, -0.2) is 19.2 Å². The summed E-state index contributed by atoms with van der Waals surface area (Å²) in [5.74, 6) is 0.891. The highest BCUT2D eigenvalue weighted by molar-refractivity contribution is 9.10. The van der Waals surface area contributed by atoms with Gasteiger partial charge < -0.3 is 15.4 Å². The van der Waals surface area contributed by atoms with Crippen molar-refractivity contribution in [2.45, 2.75) is 13.3 Å². The molecule has 0 fully saturated rings. The second-order valence-corrected chi connectivity index (χ2v) is 5.77. The zero-order valence-electron chi connectivity index (χ0n) is 12.4. The molecule has 0 heterocycles. The summed E-state index contributed by atoms with van der Waals surface area (Å²) in [4.78, 5) is 11.7. The van der Waals surface area contributed by atoms with Crippen LogP contribution in [0.3, 0.4) is 0 Å². The van der Waals surface area contributed by atoms with Gasteiger partial charge in [-0.3, -0.25) is 0 Å². The molecule has 2 aromatic rings. The summed E-state index contributed by atoms with van der Waals surface area (Å²) >= 11 is 3.35. The molecule has 116 valence electrons. The van der Waals surface area contributed by atoms with Crippen molar-refractivity contribution in [3.63, 3.8) is 0 Å². The number of ether oxygens (including phenoxy) is 1. The quantitative estimate of drug-likeness (QED) is 0.750. The summed E-state index contributed by atoms with van der Waals surface area (Å²) in [7, 11) is 0. The smallest absolute Gasteiger partial charge is 0.319 e. The fourth-order valence-electron chi connectivity index (χ4n) is 1.88. The van der Waals surface area contributed by atoms with Crippen molar-refractivity contribution in [3.05, 3.63) is 58.6 Å². The Kier molecular flexibility index (Phi) is 6.27. The highest BCUT2D eigenvalue weighted by Gasteiger charge is 2.01. The lowest BCUT2D eigenvalue weighted by Gasteiger charge is -2.10. The fraction of sp³-hybridized carbons (Fsp3) is 0.235. The number of anilines is 1. The number of hydrogen-bond donors (Lipinski definition) is 2. The van der Waals surface area contributed by atoms with Gasteiger partial charge in [0.25, 0.3) is 0 Å². The molecule has 0 spiro atoms. The number of carbonyl (C=O) groups is 1. The van der Waals surface area contributed by atoms with Gasteiger partial charge in [0.15, 0.2) is 0 Å². The lowest BCUT2D eigenvalue weighted by molar-refractivity contribution is 0.250. The van der Waals surface area contributed by atoms with E-state index in [1.54, 1.807) is 0 Å². The minimum Gasteiger partial charge on any atom is -0.493 e. The zero-order valence-corrected chi connectivity index (χ0v) is 14.0. The molecule has 0 unspecified atom stereocenters. The Morgan fingerprint density at radius 1 is 1.14 bits per heavy atom. The van der Waals surface area contributed by atoms with Crippen molar-refractivity contribution >= 4 is 27.6 Å². The van der Waals surface area contributed by atoms with E-state index in [1.165, 1.54) is 0 Å². The van der Waals surface area contributed by atoms with Gasteiger partial charge in [-0.05, 0) is 49.2 Å². The summed E-state index contributed by atoms with van der Waals surface area (Å²) in [6.45, 7) is 3.15. The van der Waals surface area contributed by atoms with Gasteiger partial charge in [-0.1, -0.05) is 34.1 Å². The number of urea groups is 1. The Balaban J connectivity index is 1.63. The molecule has 0 atom stereocenters. The lowest BCUT2D eigenvalue weighted by Crippen LogP contribution is -2.30. The van der Waals surface area contributed by atoms with Crippen LogP contribution in [0.1, 0.15) is 12.0 Å². The summed E-state index contributed by atoms with van der Waals surface area (Å²) in [5.41, 5.74) is 1.88. The zero-order chi connectivity index (χ0) is 15.8. The monoisotopic (exact) mass is 362 g/mol. The van der Waals surface area contributed by atoms with E-state index in [9.17, 15) is 4.79 Å². The molecule has 0 aliphatic rings. The molecule has 2 amide bonds. The number of para-hydroxylation sites is 1. The molecular formula is C17H19BrN2O2. The number of nitrogens with one attached hydrogen (secondary N) is 2. The molecule has 0 bridgehead atoms. The van der Waals surface area contributed by atoms with Gasteiger partial charge in [-0.25, -0.2) is 4.79 Å². The maximum Gasteiger partial charge on any atom is 0.319 e. The Morgan fingerprint density at radius 2 is 1.86 bits per heavy atom. The van der Waals surface area contributed by atoms with Crippen molar-refractivity contribution in [3.8, 4) is 5.75 Å². The van der Waals surface area contributed by atoms with Gasteiger partial charge in [0.05, 0.1) is 6.61 Å². The molecule has 0 aliphatic carbocycles. The maximum atomic E-state index is 11.7. The van der Waals surface area contributed by atoms with Crippen LogP contribution in [0.2, 0.25) is 0 Å². The van der Waals surface area contributed by atoms with Crippen LogP contribution in [0, 0.1) is 6.92 Å². The van der Waals surface area contributed by atoms with Crippen LogP contribution in [0.4, 0.5) is 10.5 Å². The van der Waals surface area contributed by atoms with Gasteiger partial charge in [-0.2, -0.15) is 0 Å². The first-order chi connectivity index (χ1) is 10.6. The second kappa shape index (κ2) is 8.44. The second-order valence-electron chi connectivity index (χ2n) is 4.86. The van der Waals surface area contributed by atoms with Gasteiger partial charge in [0, 0.05) is 16.7 Å². The van der Waals surface area contributed by atoms with Crippen molar-refractivity contribution in [1.29, 1.82) is 0 Å². The third-order valence-corrected chi connectivity index (χ3v) is 3.59. The van der Waals surface area contributed by atoms with Gasteiger partial charge in [0.1, 0.15) is 5.75 Å².